The maximum atomic E-state index is 13.2. The minimum absolute atomic E-state index is 0.0704. The van der Waals surface area contributed by atoms with Crippen LogP contribution in [0.4, 0.5) is 0 Å². The third-order valence-corrected chi connectivity index (χ3v) is 7.13. The topological polar surface area (TPSA) is 58.6 Å². The lowest BCUT2D eigenvalue weighted by Gasteiger charge is -2.30. The van der Waals surface area contributed by atoms with E-state index in [1.54, 1.807) is 18.9 Å². The average Bonchev–Trinajstić information content (AvgIpc) is 3.31. The quantitative estimate of drug-likeness (QED) is 0.523. The molecule has 0 heterocycles. The molecule has 0 unspecified atom stereocenters. The monoisotopic (exact) mass is 474 g/mol. The van der Waals surface area contributed by atoms with Crippen molar-refractivity contribution in [2.24, 2.45) is 0 Å². The molecule has 1 aliphatic rings. The van der Waals surface area contributed by atoms with Gasteiger partial charge in [0.05, 0.1) is 12.9 Å². The van der Waals surface area contributed by atoms with E-state index in [9.17, 15) is 9.59 Å². The van der Waals surface area contributed by atoms with Crippen molar-refractivity contribution >= 4 is 35.2 Å². The molecule has 0 aliphatic heterocycles. The Morgan fingerprint density at radius 2 is 1.94 bits per heavy atom. The fourth-order valence-corrected chi connectivity index (χ4v) is 5.08. The van der Waals surface area contributed by atoms with E-state index in [-0.39, 0.29) is 23.6 Å². The summed E-state index contributed by atoms with van der Waals surface area (Å²) in [6, 6.07) is 14.9. The van der Waals surface area contributed by atoms with Crippen LogP contribution in [0.2, 0.25) is 5.02 Å². The third-order valence-electron chi connectivity index (χ3n) is 5.80. The number of carbonyl (C=O) groups excluding carboxylic acids is 2. The molecular weight excluding hydrogens is 444 g/mol. The molecule has 3 rings (SSSR count). The largest absolute Gasteiger partial charge is 0.497 e. The van der Waals surface area contributed by atoms with Crippen molar-refractivity contribution in [3.05, 3.63) is 64.7 Å². The highest BCUT2D eigenvalue weighted by molar-refractivity contribution is 7.99. The molecule has 0 bridgehead atoms. The normalized spacial score (nSPS) is 14.7. The van der Waals surface area contributed by atoms with Gasteiger partial charge < -0.3 is 15.0 Å². The zero-order chi connectivity index (χ0) is 22.9. The van der Waals surface area contributed by atoms with Crippen LogP contribution in [0.3, 0.4) is 0 Å². The summed E-state index contributed by atoms with van der Waals surface area (Å²) in [5.41, 5.74) is 1.92. The van der Waals surface area contributed by atoms with E-state index < -0.39 is 6.04 Å². The van der Waals surface area contributed by atoms with Gasteiger partial charge in [0, 0.05) is 23.4 Å². The standard InChI is InChI=1S/C25H31ClN2O3S/c1-18(25(30)27-21-10-4-5-11-21)28(15-19-8-7-12-22(14-19)31-2)24(29)17-32-16-20-9-3-6-13-23(20)26/h3,6-9,12-14,18,21H,4-5,10-11,15-17H2,1-2H3,(H,27,30)/t18-/m0/s1. The number of halogens is 1. The van der Waals surface area contributed by atoms with Crippen LogP contribution in [0, 0.1) is 0 Å². The molecule has 2 aromatic rings. The van der Waals surface area contributed by atoms with Crippen LogP contribution >= 0.6 is 23.4 Å². The van der Waals surface area contributed by atoms with Crippen LogP contribution in [0.25, 0.3) is 0 Å². The number of carbonyl (C=O) groups is 2. The van der Waals surface area contributed by atoms with Gasteiger partial charge in [-0.3, -0.25) is 9.59 Å². The molecule has 0 aromatic heterocycles. The molecule has 1 N–H and O–H groups in total. The Bertz CT molecular complexity index is 918. The molecule has 172 valence electrons. The Hall–Kier alpha value is -2.18. The molecule has 1 aliphatic carbocycles. The van der Waals surface area contributed by atoms with Crippen molar-refractivity contribution in [3.8, 4) is 5.75 Å². The molecule has 7 heteroatoms. The summed E-state index contributed by atoms with van der Waals surface area (Å²) in [5, 5.41) is 3.83. The zero-order valence-electron chi connectivity index (χ0n) is 18.7. The summed E-state index contributed by atoms with van der Waals surface area (Å²) >= 11 is 7.74. The first-order chi connectivity index (χ1) is 15.5. The number of methoxy groups -OCH3 is 1. The number of ether oxygens (including phenoxy) is 1. The highest BCUT2D eigenvalue weighted by atomic mass is 35.5. The van der Waals surface area contributed by atoms with Crippen molar-refractivity contribution in [2.75, 3.05) is 12.9 Å². The van der Waals surface area contributed by atoms with Gasteiger partial charge in [-0.25, -0.2) is 0 Å². The van der Waals surface area contributed by atoms with Crippen LogP contribution < -0.4 is 10.1 Å². The maximum absolute atomic E-state index is 13.2. The number of thioether (sulfide) groups is 1. The second kappa shape index (κ2) is 12.2. The Morgan fingerprint density at radius 1 is 1.19 bits per heavy atom. The van der Waals surface area contributed by atoms with E-state index in [0.29, 0.717) is 17.3 Å². The highest BCUT2D eigenvalue weighted by Crippen LogP contribution is 2.23. The minimum Gasteiger partial charge on any atom is -0.497 e. The molecule has 32 heavy (non-hydrogen) atoms. The first-order valence-corrected chi connectivity index (χ1v) is 12.5. The number of rotatable bonds is 10. The minimum atomic E-state index is -0.560. The smallest absolute Gasteiger partial charge is 0.242 e. The van der Waals surface area contributed by atoms with Gasteiger partial charge in [-0.1, -0.05) is 54.8 Å². The van der Waals surface area contributed by atoms with Crippen LogP contribution in [-0.2, 0) is 21.9 Å². The second-order valence-corrected chi connectivity index (χ2v) is 9.52. The van der Waals surface area contributed by atoms with Gasteiger partial charge in [-0.05, 0) is 49.1 Å². The Labute approximate surface area is 199 Å². The van der Waals surface area contributed by atoms with Gasteiger partial charge in [0.2, 0.25) is 11.8 Å². The van der Waals surface area contributed by atoms with Gasteiger partial charge in [0.15, 0.2) is 0 Å². The van der Waals surface area contributed by atoms with Crippen LogP contribution in [-0.4, -0.2) is 41.7 Å². The predicted molar refractivity (Wildman–Crippen MR) is 131 cm³/mol. The first kappa shape index (κ1) is 24.5. The average molecular weight is 475 g/mol. The lowest BCUT2D eigenvalue weighted by Crippen LogP contribution is -2.50. The maximum Gasteiger partial charge on any atom is 0.242 e. The van der Waals surface area contributed by atoms with Crippen LogP contribution in [0.15, 0.2) is 48.5 Å². The van der Waals surface area contributed by atoms with Crippen LogP contribution in [0.5, 0.6) is 5.75 Å². The Balaban J connectivity index is 1.68. The lowest BCUT2D eigenvalue weighted by molar-refractivity contribution is -0.138. The van der Waals surface area contributed by atoms with E-state index >= 15 is 0 Å². The summed E-state index contributed by atoms with van der Waals surface area (Å²) in [6.45, 7) is 2.16. The zero-order valence-corrected chi connectivity index (χ0v) is 20.3. The van der Waals surface area contributed by atoms with E-state index in [1.807, 2.05) is 48.5 Å². The fourth-order valence-electron chi connectivity index (χ4n) is 3.89. The molecule has 5 nitrogen and oxygen atoms in total. The number of amides is 2. The Kier molecular flexibility index (Phi) is 9.30. The number of nitrogens with zero attached hydrogens (tertiary/aromatic N) is 1. The summed E-state index contributed by atoms with van der Waals surface area (Å²) in [6.07, 6.45) is 4.31. The van der Waals surface area contributed by atoms with E-state index in [1.165, 1.54) is 11.8 Å². The lowest BCUT2D eigenvalue weighted by atomic mass is 10.1. The summed E-state index contributed by atoms with van der Waals surface area (Å²) in [7, 11) is 1.62. The van der Waals surface area contributed by atoms with E-state index in [0.717, 1.165) is 42.6 Å². The van der Waals surface area contributed by atoms with Gasteiger partial charge in [-0.2, -0.15) is 0 Å². The van der Waals surface area contributed by atoms with Gasteiger partial charge in [0.1, 0.15) is 11.8 Å². The van der Waals surface area contributed by atoms with Crippen molar-refractivity contribution < 1.29 is 14.3 Å². The number of hydrogen-bond donors (Lipinski definition) is 1. The molecule has 1 atom stereocenters. The summed E-state index contributed by atoms with van der Waals surface area (Å²) in [5.74, 6) is 1.48. The molecule has 0 radical (unpaired) electrons. The van der Waals surface area contributed by atoms with Crippen molar-refractivity contribution in [1.82, 2.24) is 10.2 Å². The molecule has 1 saturated carbocycles. The summed E-state index contributed by atoms with van der Waals surface area (Å²) in [4.78, 5) is 27.8. The van der Waals surface area contributed by atoms with Crippen LogP contribution in [0.1, 0.15) is 43.7 Å². The van der Waals surface area contributed by atoms with Crippen molar-refractivity contribution in [1.29, 1.82) is 0 Å². The first-order valence-electron chi connectivity index (χ1n) is 11.0. The molecular formula is C25H31ClN2O3S. The predicted octanol–water partition coefficient (Wildman–Crippen LogP) is 5.06. The molecule has 0 spiro atoms. The summed E-state index contributed by atoms with van der Waals surface area (Å²) < 4.78 is 5.32. The molecule has 2 amide bonds. The number of nitrogens with one attached hydrogen (secondary N) is 1. The molecule has 1 fully saturated rings. The van der Waals surface area contributed by atoms with Gasteiger partial charge in [-0.15, -0.1) is 11.8 Å². The highest BCUT2D eigenvalue weighted by Gasteiger charge is 2.28. The van der Waals surface area contributed by atoms with E-state index in [2.05, 4.69) is 5.32 Å². The van der Waals surface area contributed by atoms with Crippen molar-refractivity contribution in [3.63, 3.8) is 0 Å². The number of hydrogen-bond acceptors (Lipinski definition) is 4. The molecule has 0 saturated heterocycles. The Morgan fingerprint density at radius 3 is 2.66 bits per heavy atom. The SMILES string of the molecule is COc1cccc(CN(C(=O)CSCc2ccccc2Cl)[C@@H](C)C(=O)NC2CCCC2)c1. The van der Waals surface area contributed by atoms with Crippen molar-refractivity contribution in [2.45, 2.75) is 57.0 Å². The van der Waals surface area contributed by atoms with E-state index in [4.69, 9.17) is 16.3 Å². The van der Waals surface area contributed by atoms with Gasteiger partial charge >= 0.3 is 0 Å². The van der Waals surface area contributed by atoms with Gasteiger partial charge in [0.25, 0.3) is 0 Å². The third kappa shape index (κ3) is 6.91. The number of benzene rings is 2. The molecule has 2 aromatic carbocycles. The fraction of sp³-hybridized carbons (Fsp3) is 0.440. The second-order valence-electron chi connectivity index (χ2n) is 8.12.